The van der Waals surface area contributed by atoms with Crippen molar-refractivity contribution in [3.05, 3.63) is 90.1 Å². The third-order valence-corrected chi connectivity index (χ3v) is 5.50. The Balaban J connectivity index is 1.43. The number of aromatic nitrogens is 5. The van der Waals surface area contributed by atoms with E-state index in [1.54, 1.807) is 53.9 Å². The van der Waals surface area contributed by atoms with E-state index in [2.05, 4.69) is 20.4 Å². The second-order valence-corrected chi connectivity index (χ2v) is 7.86. The van der Waals surface area contributed by atoms with Crippen LogP contribution in [0.4, 0.5) is 24.7 Å². The van der Waals surface area contributed by atoms with Crippen LogP contribution in [-0.2, 0) is 6.18 Å². The highest BCUT2D eigenvalue weighted by Gasteiger charge is 2.30. The Morgan fingerprint density at radius 3 is 2.71 bits per heavy atom. The highest BCUT2D eigenvalue weighted by Crippen LogP contribution is 2.30. The van der Waals surface area contributed by atoms with Gasteiger partial charge in [-0.25, -0.2) is 14.6 Å². The molecule has 1 amide bonds. The molecule has 0 aliphatic carbocycles. The molecule has 3 heterocycles. The molecule has 0 radical (unpaired) electrons. The van der Waals surface area contributed by atoms with Crippen molar-refractivity contribution in [1.29, 1.82) is 0 Å². The van der Waals surface area contributed by atoms with Crippen LogP contribution in [0.25, 0.3) is 22.6 Å². The lowest BCUT2D eigenvalue weighted by atomic mass is 10.1. The summed E-state index contributed by atoms with van der Waals surface area (Å²) in [5, 5.41) is 7.10. The molecule has 176 valence electrons. The Morgan fingerprint density at radius 2 is 1.91 bits per heavy atom. The quantitative estimate of drug-likeness (QED) is 0.389. The van der Waals surface area contributed by atoms with Crippen LogP contribution in [0.3, 0.4) is 0 Å². The van der Waals surface area contributed by atoms with Crippen LogP contribution in [0.2, 0.25) is 0 Å². The molecule has 0 saturated carbocycles. The minimum atomic E-state index is -4.53. The largest absolute Gasteiger partial charge is 0.416 e. The number of carbonyl (C=O) groups excluding carboxylic acids is 1. The van der Waals surface area contributed by atoms with Gasteiger partial charge in [-0.05, 0) is 42.8 Å². The van der Waals surface area contributed by atoms with Crippen LogP contribution in [0.1, 0.15) is 21.5 Å². The van der Waals surface area contributed by atoms with Gasteiger partial charge in [-0.3, -0.25) is 9.20 Å². The number of amides is 1. The van der Waals surface area contributed by atoms with Gasteiger partial charge in [0.05, 0.1) is 29.3 Å². The average Bonchev–Trinajstić information content (AvgIpc) is 3.48. The van der Waals surface area contributed by atoms with E-state index in [1.165, 1.54) is 12.1 Å². The summed E-state index contributed by atoms with van der Waals surface area (Å²) in [6, 6.07) is 9.44. The van der Waals surface area contributed by atoms with Crippen LogP contribution < -0.4 is 11.1 Å². The van der Waals surface area contributed by atoms with Gasteiger partial charge in [0.15, 0.2) is 11.5 Å². The molecule has 0 aliphatic heterocycles. The Kier molecular flexibility index (Phi) is 5.24. The van der Waals surface area contributed by atoms with Gasteiger partial charge in [-0.15, -0.1) is 0 Å². The lowest BCUT2D eigenvalue weighted by Gasteiger charge is -2.12. The fraction of sp³-hybridized carbons (Fsp3) is 0.0833. The summed E-state index contributed by atoms with van der Waals surface area (Å²) in [6.45, 7) is 1.88. The minimum absolute atomic E-state index is 0.0929. The number of imidazole rings is 1. The zero-order chi connectivity index (χ0) is 24.7. The summed E-state index contributed by atoms with van der Waals surface area (Å²) in [4.78, 5) is 21.0. The van der Waals surface area contributed by atoms with Crippen LogP contribution in [0.5, 0.6) is 0 Å². The van der Waals surface area contributed by atoms with Gasteiger partial charge in [-0.2, -0.15) is 18.3 Å². The lowest BCUT2D eigenvalue weighted by Crippen LogP contribution is -2.14. The standard InChI is InChI=1S/C24H18F3N7O/c1-14-5-6-18(32-23(35)15-3-2-4-17(9-15)24(25,26)27)10-19(14)34-13-16(11-31-34)20-12-30-22-21(28)29-7-8-33(20)22/h2-13H,1H3,(H2,28,29)(H,32,35). The number of hydrogen-bond donors (Lipinski definition) is 2. The van der Waals surface area contributed by atoms with Crippen molar-refractivity contribution >= 4 is 23.1 Å². The number of nitrogen functional groups attached to an aromatic ring is 1. The highest BCUT2D eigenvalue weighted by molar-refractivity contribution is 6.04. The van der Waals surface area contributed by atoms with E-state index in [0.29, 0.717) is 22.8 Å². The maximum Gasteiger partial charge on any atom is 0.416 e. The molecule has 0 unspecified atom stereocenters. The maximum absolute atomic E-state index is 13.0. The molecule has 3 N–H and O–H groups in total. The monoisotopic (exact) mass is 477 g/mol. The first-order valence-corrected chi connectivity index (χ1v) is 10.4. The van der Waals surface area contributed by atoms with Crippen LogP contribution in [0, 0.1) is 6.92 Å². The van der Waals surface area contributed by atoms with Crippen molar-refractivity contribution in [2.45, 2.75) is 13.1 Å². The number of benzene rings is 2. The first kappa shape index (κ1) is 22.1. The number of nitrogens with one attached hydrogen (secondary N) is 1. The van der Waals surface area contributed by atoms with Crippen molar-refractivity contribution in [2.75, 3.05) is 11.1 Å². The molecule has 0 fully saturated rings. The smallest absolute Gasteiger partial charge is 0.381 e. The molecule has 5 rings (SSSR count). The molecule has 35 heavy (non-hydrogen) atoms. The van der Waals surface area contributed by atoms with Crippen LogP contribution in [-0.4, -0.2) is 30.1 Å². The predicted molar refractivity (Wildman–Crippen MR) is 124 cm³/mol. The Labute approximate surface area is 196 Å². The zero-order valence-corrected chi connectivity index (χ0v) is 18.3. The van der Waals surface area contributed by atoms with E-state index in [4.69, 9.17) is 5.73 Å². The molecule has 0 saturated heterocycles. The Hall–Kier alpha value is -4.67. The third-order valence-electron chi connectivity index (χ3n) is 5.50. The first-order chi connectivity index (χ1) is 16.7. The molecule has 3 aromatic heterocycles. The van der Waals surface area contributed by atoms with Gasteiger partial charge in [-0.1, -0.05) is 12.1 Å². The fourth-order valence-corrected chi connectivity index (χ4v) is 3.71. The number of carbonyl (C=O) groups is 1. The van der Waals surface area contributed by atoms with Gasteiger partial charge in [0, 0.05) is 35.4 Å². The van der Waals surface area contributed by atoms with Gasteiger partial charge in [0.2, 0.25) is 0 Å². The van der Waals surface area contributed by atoms with Crippen molar-refractivity contribution in [1.82, 2.24) is 24.1 Å². The summed E-state index contributed by atoms with van der Waals surface area (Å²) >= 11 is 0. The summed E-state index contributed by atoms with van der Waals surface area (Å²) in [5.74, 6) is -0.338. The van der Waals surface area contributed by atoms with E-state index in [-0.39, 0.29) is 5.56 Å². The number of nitrogens with zero attached hydrogens (tertiary/aromatic N) is 5. The number of rotatable bonds is 4. The molecular weight excluding hydrogens is 459 g/mol. The molecule has 8 nitrogen and oxygen atoms in total. The number of halogens is 3. The lowest BCUT2D eigenvalue weighted by molar-refractivity contribution is -0.137. The van der Waals surface area contributed by atoms with Gasteiger partial charge >= 0.3 is 6.18 Å². The summed E-state index contributed by atoms with van der Waals surface area (Å²) in [7, 11) is 0. The van der Waals surface area contributed by atoms with Gasteiger partial charge in [0.25, 0.3) is 5.91 Å². The highest BCUT2D eigenvalue weighted by atomic mass is 19.4. The third kappa shape index (κ3) is 4.19. The molecule has 5 aromatic rings. The van der Waals surface area contributed by atoms with E-state index in [9.17, 15) is 18.0 Å². The summed E-state index contributed by atoms with van der Waals surface area (Å²) in [6.07, 6.45) is 3.95. The average molecular weight is 477 g/mol. The number of nitrogens with two attached hydrogens (primary N) is 1. The van der Waals surface area contributed by atoms with Crippen LogP contribution >= 0.6 is 0 Å². The predicted octanol–water partition coefficient (Wildman–Crippen LogP) is 4.74. The normalized spacial score (nSPS) is 11.7. The number of hydrogen-bond acceptors (Lipinski definition) is 5. The van der Waals surface area contributed by atoms with E-state index >= 15 is 0 Å². The molecule has 0 bridgehead atoms. The second kappa shape index (κ2) is 8.28. The van der Waals surface area contributed by atoms with Crippen molar-refractivity contribution in [3.63, 3.8) is 0 Å². The van der Waals surface area contributed by atoms with Crippen molar-refractivity contribution in [2.24, 2.45) is 0 Å². The van der Waals surface area contributed by atoms with E-state index in [1.807, 2.05) is 11.3 Å². The number of anilines is 2. The molecular formula is C24H18F3N7O. The SMILES string of the molecule is Cc1ccc(NC(=O)c2cccc(C(F)(F)F)c2)cc1-n1cc(-c2cnc3c(N)nccn23)cn1. The van der Waals surface area contributed by atoms with Crippen molar-refractivity contribution < 1.29 is 18.0 Å². The molecule has 0 atom stereocenters. The topological polar surface area (TPSA) is 103 Å². The maximum atomic E-state index is 13.0. The summed E-state index contributed by atoms with van der Waals surface area (Å²) in [5.41, 5.74) is 8.97. The summed E-state index contributed by atoms with van der Waals surface area (Å²) < 4.78 is 42.4. The zero-order valence-electron chi connectivity index (χ0n) is 18.3. The number of fused-ring (bicyclic) bond motifs is 1. The second-order valence-electron chi connectivity index (χ2n) is 7.86. The number of aryl methyl sites for hydroxylation is 1. The molecule has 0 aliphatic rings. The molecule has 2 aromatic carbocycles. The van der Waals surface area contributed by atoms with E-state index in [0.717, 1.165) is 29.0 Å². The molecule has 0 spiro atoms. The van der Waals surface area contributed by atoms with Crippen LogP contribution in [0.15, 0.2) is 73.4 Å². The Bertz CT molecular complexity index is 1570. The van der Waals surface area contributed by atoms with Gasteiger partial charge in [0.1, 0.15) is 0 Å². The Morgan fingerprint density at radius 1 is 1.09 bits per heavy atom. The van der Waals surface area contributed by atoms with E-state index < -0.39 is 17.6 Å². The number of alkyl halides is 3. The van der Waals surface area contributed by atoms with Crippen molar-refractivity contribution in [3.8, 4) is 16.9 Å². The molecule has 11 heteroatoms. The van der Waals surface area contributed by atoms with Gasteiger partial charge < -0.3 is 11.1 Å². The first-order valence-electron chi connectivity index (χ1n) is 10.4. The minimum Gasteiger partial charge on any atom is -0.381 e. The fourth-order valence-electron chi connectivity index (χ4n) is 3.71.